The van der Waals surface area contributed by atoms with Crippen LogP contribution < -0.4 is 14.2 Å². The highest BCUT2D eigenvalue weighted by Crippen LogP contribution is 2.38. The van der Waals surface area contributed by atoms with Crippen molar-refractivity contribution in [3.8, 4) is 17.2 Å². The molecule has 11 nitrogen and oxygen atoms in total. The fraction of sp³-hybridized carbons (Fsp3) is 0.595. The minimum atomic E-state index is -0.452. The van der Waals surface area contributed by atoms with Crippen LogP contribution in [0.25, 0.3) is 10.9 Å². The number of hydrogen-bond donors (Lipinski definition) is 0. The van der Waals surface area contributed by atoms with Gasteiger partial charge in [-0.1, -0.05) is 38.8 Å². The second-order valence-electron chi connectivity index (χ2n) is 13.0. The monoisotopic (exact) mass is 700 g/mol. The van der Waals surface area contributed by atoms with Crippen LogP contribution in [0.3, 0.4) is 0 Å². The van der Waals surface area contributed by atoms with E-state index in [1.807, 2.05) is 18.5 Å². The molecule has 0 amide bonds. The SMILES string of the molecule is CCCCN1CCCN(CCC(CCCn2ncc3c(Cl)cc(C(=O)OCC(C)C)cc32)OC(=O)c2cc(OC)c(OC)c(OC)c2)CC1. The third-order valence-corrected chi connectivity index (χ3v) is 9.15. The van der Waals surface area contributed by atoms with Gasteiger partial charge in [0.05, 0.1) is 55.8 Å². The predicted molar refractivity (Wildman–Crippen MR) is 191 cm³/mol. The molecule has 0 N–H and O–H groups in total. The lowest BCUT2D eigenvalue weighted by Gasteiger charge is -2.25. The standard InChI is InChI=1S/C37H53ClN4O7/c1-7-8-13-40-14-10-15-41(19-18-40)17-12-29(49-37(44)28-22-33(45-4)35(47-6)34(23-28)46-5)11-9-16-42-32-21-27(36(43)48-25-26(2)3)20-31(38)30(32)24-39-42/h20-24,26,29H,7-19,25H2,1-6H3. The Morgan fingerprint density at radius 1 is 0.837 bits per heavy atom. The summed E-state index contributed by atoms with van der Waals surface area (Å²) in [6, 6.07) is 6.64. The normalized spacial score (nSPS) is 14.9. The van der Waals surface area contributed by atoms with E-state index in [1.54, 1.807) is 30.5 Å². The van der Waals surface area contributed by atoms with E-state index in [9.17, 15) is 9.59 Å². The number of nitrogens with zero attached hydrogens (tertiary/aromatic N) is 4. The van der Waals surface area contributed by atoms with Crippen LogP contribution in [-0.2, 0) is 16.0 Å². The molecule has 2 heterocycles. The molecule has 1 unspecified atom stereocenters. The van der Waals surface area contributed by atoms with Crippen LogP contribution in [-0.4, -0.2) is 105 Å². The van der Waals surface area contributed by atoms with Crippen molar-refractivity contribution in [3.63, 3.8) is 0 Å². The number of methoxy groups -OCH3 is 3. The minimum absolute atomic E-state index is 0.226. The topological polar surface area (TPSA) is 105 Å². The Morgan fingerprint density at radius 2 is 1.51 bits per heavy atom. The number of aryl methyl sites for hydroxylation is 1. The number of ether oxygens (including phenoxy) is 5. The molecule has 270 valence electrons. The maximum absolute atomic E-state index is 13.6. The summed E-state index contributed by atoms with van der Waals surface area (Å²) in [6.45, 7) is 13.3. The van der Waals surface area contributed by atoms with Crippen molar-refractivity contribution in [1.29, 1.82) is 0 Å². The largest absolute Gasteiger partial charge is 0.493 e. The molecule has 0 spiro atoms. The number of hydrogen-bond acceptors (Lipinski definition) is 10. The van der Waals surface area contributed by atoms with E-state index in [0.29, 0.717) is 65.8 Å². The van der Waals surface area contributed by atoms with Gasteiger partial charge in [-0.25, -0.2) is 9.59 Å². The van der Waals surface area contributed by atoms with Gasteiger partial charge in [0.1, 0.15) is 6.10 Å². The summed E-state index contributed by atoms with van der Waals surface area (Å²) in [5.41, 5.74) is 1.47. The van der Waals surface area contributed by atoms with E-state index in [-0.39, 0.29) is 12.0 Å². The summed E-state index contributed by atoms with van der Waals surface area (Å²) in [6.07, 6.45) is 6.94. The molecule has 4 rings (SSSR count). The number of benzene rings is 2. The Morgan fingerprint density at radius 3 is 2.14 bits per heavy atom. The van der Waals surface area contributed by atoms with E-state index >= 15 is 0 Å². The van der Waals surface area contributed by atoms with E-state index < -0.39 is 11.9 Å². The van der Waals surface area contributed by atoms with Gasteiger partial charge < -0.3 is 33.5 Å². The summed E-state index contributed by atoms with van der Waals surface area (Å²) in [5.74, 6) is 0.552. The molecule has 0 bridgehead atoms. The molecule has 1 atom stereocenters. The highest BCUT2D eigenvalue weighted by Gasteiger charge is 2.23. The highest BCUT2D eigenvalue weighted by atomic mass is 35.5. The second-order valence-corrected chi connectivity index (χ2v) is 13.4. The molecular formula is C37H53ClN4O7. The van der Waals surface area contributed by atoms with Crippen molar-refractivity contribution >= 4 is 34.4 Å². The molecule has 12 heteroatoms. The molecule has 0 radical (unpaired) electrons. The Hall–Kier alpha value is -3.54. The Kier molecular flexibility index (Phi) is 14.8. The zero-order valence-electron chi connectivity index (χ0n) is 30.0. The van der Waals surface area contributed by atoms with Gasteiger partial charge in [-0.05, 0) is 81.9 Å². The number of unbranched alkanes of at least 4 members (excludes halogenated alkanes) is 1. The number of aromatic nitrogens is 2. The molecule has 2 aromatic carbocycles. The lowest BCUT2D eigenvalue weighted by atomic mass is 10.1. The van der Waals surface area contributed by atoms with Gasteiger partial charge in [-0.2, -0.15) is 5.10 Å². The molecule has 1 aliphatic rings. The van der Waals surface area contributed by atoms with Gasteiger partial charge in [0.25, 0.3) is 0 Å². The second kappa shape index (κ2) is 19.0. The van der Waals surface area contributed by atoms with Crippen LogP contribution >= 0.6 is 11.6 Å². The molecule has 1 saturated heterocycles. The van der Waals surface area contributed by atoms with Crippen LogP contribution in [0.4, 0.5) is 0 Å². The lowest BCUT2D eigenvalue weighted by molar-refractivity contribution is 0.0227. The molecular weight excluding hydrogens is 648 g/mol. The third-order valence-electron chi connectivity index (χ3n) is 8.84. The zero-order valence-corrected chi connectivity index (χ0v) is 30.7. The van der Waals surface area contributed by atoms with E-state index in [4.69, 9.17) is 35.3 Å². The third kappa shape index (κ3) is 10.7. The number of halogens is 1. The Bertz CT molecular complexity index is 1500. The van der Waals surface area contributed by atoms with Crippen LogP contribution in [0.1, 0.15) is 80.0 Å². The molecule has 0 saturated carbocycles. The summed E-state index contributed by atoms with van der Waals surface area (Å²) in [7, 11) is 4.56. The first-order valence-electron chi connectivity index (χ1n) is 17.4. The van der Waals surface area contributed by atoms with Crippen LogP contribution in [0.5, 0.6) is 17.2 Å². The fourth-order valence-electron chi connectivity index (χ4n) is 6.09. The smallest absolute Gasteiger partial charge is 0.338 e. The summed E-state index contributed by atoms with van der Waals surface area (Å²) >= 11 is 6.55. The number of carbonyl (C=O) groups is 2. The summed E-state index contributed by atoms with van der Waals surface area (Å²) in [4.78, 5) is 31.3. The van der Waals surface area contributed by atoms with Crippen molar-refractivity contribution < 1.29 is 33.3 Å². The molecule has 3 aromatic rings. The Balaban J connectivity index is 1.47. The maximum Gasteiger partial charge on any atom is 0.338 e. The molecule has 49 heavy (non-hydrogen) atoms. The average Bonchev–Trinajstić information content (AvgIpc) is 3.37. The van der Waals surface area contributed by atoms with Gasteiger partial charge >= 0.3 is 11.9 Å². The van der Waals surface area contributed by atoms with Crippen LogP contribution in [0, 0.1) is 5.92 Å². The van der Waals surface area contributed by atoms with Gasteiger partial charge in [0.2, 0.25) is 5.75 Å². The van der Waals surface area contributed by atoms with Crippen molar-refractivity contribution in [1.82, 2.24) is 19.6 Å². The highest BCUT2D eigenvalue weighted by molar-refractivity contribution is 6.35. The van der Waals surface area contributed by atoms with E-state index in [1.165, 1.54) is 34.2 Å². The van der Waals surface area contributed by atoms with Gasteiger partial charge in [0.15, 0.2) is 11.5 Å². The first kappa shape index (κ1) is 38.3. The van der Waals surface area contributed by atoms with Gasteiger partial charge in [0, 0.05) is 31.6 Å². The number of carbonyl (C=O) groups excluding carboxylic acids is 2. The lowest BCUT2D eigenvalue weighted by Crippen LogP contribution is -2.33. The van der Waals surface area contributed by atoms with Crippen molar-refractivity contribution in [2.24, 2.45) is 5.92 Å². The molecule has 1 fully saturated rings. The Labute approximate surface area is 295 Å². The van der Waals surface area contributed by atoms with Crippen molar-refractivity contribution in [3.05, 3.63) is 46.6 Å². The fourth-order valence-corrected chi connectivity index (χ4v) is 6.35. The average molecular weight is 701 g/mol. The first-order valence-corrected chi connectivity index (χ1v) is 17.8. The minimum Gasteiger partial charge on any atom is -0.493 e. The number of rotatable bonds is 18. The van der Waals surface area contributed by atoms with Crippen molar-refractivity contribution in [2.75, 3.05) is 67.2 Å². The maximum atomic E-state index is 13.6. The van der Waals surface area contributed by atoms with Gasteiger partial charge in [-0.15, -0.1) is 0 Å². The first-order chi connectivity index (χ1) is 23.7. The number of fused-ring (bicyclic) bond motifs is 1. The molecule has 1 aliphatic heterocycles. The van der Waals surface area contributed by atoms with Gasteiger partial charge in [-0.3, -0.25) is 4.68 Å². The van der Waals surface area contributed by atoms with E-state index in [2.05, 4.69) is 21.8 Å². The molecule has 1 aromatic heterocycles. The van der Waals surface area contributed by atoms with Crippen molar-refractivity contribution in [2.45, 2.75) is 71.9 Å². The molecule has 0 aliphatic carbocycles. The predicted octanol–water partition coefficient (Wildman–Crippen LogP) is 6.73. The zero-order chi connectivity index (χ0) is 35.3. The summed E-state index contributed by atoms with van der Waals surface area (Å²) in [5, 5.41) is 5.78. The summed E-state index contributed by atoms with van der Waals surface area (Å²) < 4.78 is 29.9. The quantitative estimate of drug-likeness (QED) is 0.133. The van der Waals surface area contributed by atoms with Crippen LogP contribution in [0.2, 0.25) is 5.02 Å². The van der Waals surface area contributed by atoms with E-state index in [0.717, 1.165) is 56.6 Å². The van der Waals surface area contributed by atoms with Crippen LogP contribution in [0.15, 0.2) is 30.5 Å². The number of esters is 2.